The van der Waals surface area contributed by atoms with Gasteiger partial charge in [0.15, 0.2) is 0 Å². The molecule has 1 aliphatic carbocycles. The molecule has 86 valence electrons. The third-order valence-corrected chi connectivity index (χ3v) is 2.28. The minimum absolute atomic E-state index is 0.0348. The van der Waals surface area contributed by atoms with Crippen molar-refractivity contribution in [1.82, 2.24) is 10.6 Å². The molecule has 1 rings (SSSR count). The number of hydrogen-bond acceptors (Lipinski definition) is 3. The molecule has 4 N–H and O–H groups in total. The quantitative estimate of drug-likeness (QED) is 0.476. The Morgan fingerprint density at radius 1 is 1.20 bits per heavy atom. The van der Waals surface area contributed by atoms with Gasteiger partial charge in [0.2, 0.25) is 11.8 Å². The predicted octanol–water partition coefficient (Wildman–Crippen LogP) is -0.490. The third kappa shape index (κ3) is 6.90. The van der Waals surface area contributed by atoms with Crippen LogP contribution in [0.5, 0.6) is 0 Å². The molecule has 0 bridgehead atoms. The lowest BCUT2D eigenvalue weighted by molar-refractivity contribution is -0.121. The van der Waals surface area contributed by atoms with Crippen LogP contribution in [0.4, 0.5) is 0 Å². The zero-order chi connectivity index (χ0) is 11.1. The molecule has 0 aromatic heterocycles. The molecule has 1 fully saturated rings. The van der Waals surface area contributed by atoms with Gasteiger partial charge in [-0.25, -0.2) is 0 Å². The van der Waals surface area contributed by atoms with E-state index in [0.717, 1.165) is 6.54 Å². The summed E-state index contributed by atoms with van der Waals surface area (Å²) in [4.78, 5) is 21.6. The molecule has 0 heterocycles. The second-order valence-electron chi connectivity index (χ2n) is 3.90. The first-order valence-corrected chi connectivity index (χ1v) is 5.47. The van der Waals surface area contributed by atoms with Gasteiger partial charge in [-0.3, -0.25) is 9.59 Å². The average Bonchev–Trinajstić information content (AvgIpc) is 2.96. The van der Waals surface area contributed by atoms with Gasteiger partial charge in [-0.05, 0) is 19.3 Å². The summed E-state index contributed by atoms with van der Waals surface area (Å²) >= 11 is 0. The molecule has 2 amide bonds. The minimum atomic E-state index is -0.320. The van der Waals surface area contributed by atoms with Crippen LogP contribution in [-0.4, -0.2) is 30.9 Å². The van der Waals surface area contributed by atoms with Gasteiger partial charge in [-0.2, -0.15) is 0 Å². The van der Waals surface area contributed by atoms with Gasteiger partial charge in [0.1, 0.15) is 0 Å². The van der Waals surface area contributed by atoms with E-state index in [-0.39, 0.29) is 11.8 Å². The number of nitrogens with one attached hydrogen (secondary N) is 2. The molecular weight excluding hydrogens is 194 g/mol. The van der Waals surface area contributed by atoms with Gasteiger partial charge < -0.3 is 16.4 Å². The van der Waals surface area contributed by atoms with Crippen LogP contribution in [0, 0.1) is 0 Å². The molecule has 0 saturated heterocycles. The predicted molar refractivity (Wildman–Crippen MR) is 57.1 cm³/mol. The van der Waals surface area contributed by atoms with Crippen LogP contribution in [-0.2, 0) is 9.59 Å². The number of carbonyl (C=O) groups excluding carboxylic acids is 2. The van der Waals surface area contributed by atoms with Gasteiger partial charge in [-0.15, -0.1) is 0 Å². The van der Waals surface area contributed by atoms with Crippen molar-refractivity contribution in [3.05, 3.63) is 0 Å². The van der Waals surface area contributed by atoms with Gasteiger partial charge in [-0.1, -0.05) is 0 Å². The lowest BCUT2D eigenvalue weighted by atomic mass is 10.3. The molecule has 0 aromatic rings. The summed E-state index contributed by atoms with van der Waals surface area (Å²) in [7, 11) is 0. The highest BCUT2D eigenvalue weighted by molar-refractivity contribution is 5.76. The Hall–Kier alpha value is -1.10. The summed E-state index contributed by atoms with van der Waals surface area (Å²) in [5.41, 5.74) is 4.97. The summed E-state index contributed by atoms with van der Waals surface area (Å²) in [6.45, 7) is 1.28. The van der Waals surface area contributed by atoms with Crippen LogP contribution in [0.2, 0.25) is 0 Å². The van der Waals surface area contributed by atoms with E-state index in [1.807, 2.05) is 0 Å². The standard InChI is InChI=1S/C10H19N3O2/c11-9(14)2-1-6-13-10(15)5-7-12-8-3-4-8/h8,12H,1-7H2,(H2,11,14)(H,13,15). The minimum Gasteiger partial charge on any atom is -0.370 e. The van der Waals surface area contributed by atoms with Gasteiger partial charge in [0.05, 0.1) is 0 Å². The van der Waals surface area contributed by atoms with Crippen LogP contribution in [0.15, 0.2) is 0 Å². The highest BCUT2D eigenvalue weighted by atomic mass is 16.2. The maximum atomic E-state index is 11.2. The number of amides is 2. The van der Waals surface area contributed by atoms with Crippen molar-refractivity contribution in [2.75, 3.05) is 13.1 Å². The highest BCUT2D eigenvalue weighted by Crippen LogP contribution is 2.18. The number of primary amides is 1. The van der Waals surface area contributed by atoms with Gasteiger partial charge in [0, 0.05) is 32.0 Å². The van der Waals surface area contributed by atoms with Crippen molar-refractivity contribution in [1.29, 1.82) is 0 Å². The van der Waals surface area contributed by atoms with Crippen molar-refractivity contribution >= 4 is 11.8 Å². The summed E-state index contributed by atoms with van der Waals surface area (Å²) in [6.07, 6.45) is 3.94. The molecule has 5 heteroatoms. The van der Waals surface area contributed by atoms with Gasteiger partial charge in [0.25, 0.3) is 0 Å². The fraction of sp³-hybridized carbons (Fsp3) is 0.800. The Bertz CT molecular complexity index is 227. The fourth-order valence-corrected chi connectivity index (χ4v) is 1.26. The van der Waals surface area contributed by atoms with Crippen molar-refractivity contribution in [3.8, 4) is 0 Å². The molecule has 0 spiro atoms. The third-order valence-electron chi connectivity index (χ3n) is 2.28. The monoisotopic (exact) mass is 213 g/mol. The molecule has 15 heavy (non-hydrogen) atoms. The molecule has 1 aliphatic rings. The zero-order valence-electron chi connectivity index (χ0n) is 8.92. The number of hydrogen-bond donors (Lipinski definition) is 3. The van der Waals surface area contributed by atoms with Crippen LogP contribution >= 0.6 is 0 Å². The second-order valence-corrected chi connectivity index (χ2v) is 3.90. The van der Waals surface area contributed by atoms with Crippen molar-refractivity contribution < 1.29 is 9.59 Å². The Morgan fingerprint density at radius 2 is 1.93 bits per heavy atom. The zero-order valence-corrected chi connectivity index (χ0v) is 8.92. The topological polar surface area (TPSA) is 84.2 Å². The summed E-state index contributed by atoms with van der Waals surface area (Å²) < 4.78 is 0. The lowest BCUT2D eigenvalue weighted by Gasteiger charge is -2.04. The van der Waals surface area contributed by atoms with Crippen molar-refractivity contribution in [3.63, 3.8) is 0 Å². The maximum Gasteiger partial charge on any atom is 0.221 e. The number of rotatable bonds is 8. The second kappa shape index (κ2) is 6.40. The largest absolute Gasteiger partial charge is 0.370 e. The van der Waals surface area contributed by atoms with Crippen LogP contribution in [0.3, 0.4) is 0 Å². The first-order chi connectivity index (χ1) is 7.18. The van der Waals surface area contributed by atoms with Crippen molar-refractivity contribution in [2.45, 2.75) is 38.1 Å². The summed E-state index contributed by atoms with van der Waals surface area (Å²) in [5.74, 6) is -0.285. The Balaban J connectivity index is 1.86. The molecular formula is C10H19N3O2. The van der Waals surface area contributed by atoms with E-state index in [0.29, 0.717) is 31.8 Å². The number of carbonyl (C=O) groups is 2. The molecule has 0 unspecified atom stereocenters. The Morgan fingerprint density at radius 3 is 2.53 bits per heavy atom. The summed E-state index contributed by atoms with van der Waals surface area (Å²) in [5, 5.41) is 6.01. The maximum absolute atomic E-state index is 11.2. The van der Waals surface area contributed by atoms with E-state index in [1.165, 1.54) is 12.8 Å². The van der Waals surface area contributed by atoms with Crippen LogP contribution in [0.25, 0.3) is 0 Å². The van der Waals surface area contributed by atoms with E-state index < -0.39 is 0 Å². The first kappa shape index (κ1) is 12.0. The Kier molecular flexibility index (Phi) is 5.10. The van der Waals surface area contributed by atoms with Crippen molar-refractivity contribution in [2.24, 2.45) is 5.73 Å². The van der Waals surface area contributed by atoms with E-state index in [2.05, 4.69) is 10.6 Å². The molecule has 0 atom stereocenters. The van der Waals surface area contributed by atoms with Crippen LogP contribution < -0.4 is 16.4 Å². The molecule has 5 nitrogen and oxygen atoms in total. The molecule has 1 saturated carbocycles. The van der Waals surface area contributed by atoms with E-state index in [4.69, 9.17) is 5.73 Å². The first-order valence-electron chi connectivity index (χ1n) is 5.47. The lowest BCUT2D eigenvalue weighted by Crippen LogP contribution is -2.29. The summed E-state index contributed by atoms with van der Waals surface area (Å²) in [6, 6.07) is 0.646. The SMILES string of the molecule is NC(=O)CCCNC(=O)CCNC1CC1. The van der Waals surface area contributed by atoms with Gasteiger partial charge >= 0.3 is 0 Å². The average molecular weight is 213 g/mol. The fourth-order valence-electron chi connectivity index (χ4n) is 1.26. The highest BCUT2D eigenvalue weighted by Gasteiger charge is 2.19. The molecule has 0 radical (unpaired) electrons. The normalized spacial score (nSPS) is 14.9. The molecule has 0 aliphatic heterocycles. The smallest absolute Gasteiger partial charge is 0.221 e. The molecule has 0 aromatic carbocycles. The van der Waals surface area contributed by atoms with E-state index >= 15 is 0 Å². The van der Waals surface area contributed by atoms with Crippen LogP contribution in [0.1, 0.15) is 32.1 Å². The Labute approximate surface area is 89.8 Å². The number of nitrogens with two attached hydrogens (primary N) is 1. The van der Waals surface area contributed by atoms with E-state index in [9.17, 15) is 9.59 Å². The van der Waals surface area contributed by atoms with E-state index in [1.54, 1.807) is 0 Å².